The summed E-state index contributed by atoms with van der Waals surface area (Å²) in [7, 11) is 0. The van der Waals surface area contributed by atoms with Gasteiger partial charge in [0.05, 0.1) is 24.6 Å². The molecule has 4 aliphatic heterocycles. The molecule has 2 saturated carbocycles. The zero-order valence-corrected chi connectivity index (χ0v) is 41.0. The number of aromatic carboxylic acids is 2. The van der Waals surface area contributed by atoms with Crippen LogP contribution in [0.2, 0.25) is 11.6 Å². The molecule has 4 amide bonds. The van der Waals surface area contributed by atoms with Gasteiger partial charge in [-0.3, -0.25) is 29.0 Å². The summed E-state index contributed by atoms with van der Waals surface area (Å²) in [5, 5.41) is 64.6. The van der Waals surface area contributed by atoms with E-state index in [1.807, 2.05) is 9.80 Å². The summed E-state index contributed by atoms with van der Waals surface area (Å²) in [5.41, 5.74) is 20.4. The molecular weight excluding hydrogens is 892 g/mol. The maximum atomic E-state index is 12.1. The average molecular weight is 944 g/mol. The number of benzene rings is 2. The Morgan fingerprint density at radius 2 is 1.00 bits per heavy atom. The Hall–Kier alpha value is -3.73. The molecule has 6 atom stereocenters. The summed E-state index contributed by atoms with van der Waals surface area (Å²) in [6, 6.07) is 6.51. The van der Waals surface area contributed by atoms with Crippen molar-refractivity contribution < 1.29 is 137 Å². The topological polar surface area (TPSA) is 395 Å². The third-order valence-corrected chi connectivity index (χ3v) is 12.3. The summed E-state index contributed by atoms with van der Waals surface area (Å²) < 4.78 is 22.3. The molecule has 6 aliphatic rings. The molecule has 0 unspecified atom stereocenters. The number of ether oxygens (including phenoxy) is 2. The van der Waals surface area contributed by atoms with Crippen molar-refractivity contribution in [3.8, 4) is 23.0 Å². The first-order chi connectivity index (χ1) is 29.8. The number of fused-ring (bicyclic) bond motifs is 6. The minimum absolute atomic E-state index is 0. The molecule has 348 valence electrons. The number of carbonyl (C=O) groups excluding carboxylic acids is 4. The predicted molar refractivity (Wildman–Crippen MR) is 222 cm³/mol. The van der Waals surface area contributed by atoms with Gasteiger partial charge >= 0.3 is 84.6 Å². The molecule has 2 aliphatic carbocycles. The summed E-state index contributed by atoms with van der Waals surface area (Å²) in [4.78, 5) is 73.5. The van der Waals surface area contributed by atoms with Gasteiger partial charge in [0, 0.05) is 39.3 Å². The second-order valence-corrected chi connectivity index (χ2v) is 18.1. The van der Waals surface area contributed by atoms with Crippen LogP contribution in [0.25, 0.3) is 0 Å². The van der Waals surface area contributed by atoms with Crippen molar-refractivity contribution in [2.75, 3.05) is 52.4 Å². The van der Waals surface area contributed by atoms with Crippen LogP contribution in [0, 0.1) is 0 Å². The van der Waals surface area contributed by atoms with Crippen molar-refractivity contribution >= 4 is 49.1 Å². The van der Waals surface area contributed by atoms with Crippen LogP contribution in [0.5, 0.6) is 23.0 Å². The zero-order chi connectivity index (χ0) is 46.8. The van der Waals surface area contributed by atoms with Gasteiger partial charge in [0.1, 0.15) is 45.9 Å². The van der Waals surface area contributed by atoms with E-state index in [-0.39, 0.29) is 143 Å². The Balaban J connectivity index is 0.000000240. The van der Waals surface area contributed by atoms with Crippen molar-refractivity contribution in [3.05, 3.63) is 46.5 Å². The first-order valence-corrected chi connectivity index (χ1v) is 20.6. The average Bonchev–Trinajstić information content (AvgIpc) is 4.08. The quantitative estimate of drug-likeness (QED) is 0.0695. The molecule has 0 aromatic heterocycles. The number of carbonyl (C=O) groups is 6. The van der Waals surface area contributed by atoms with Gasteiger partial charge in [-0.15, -0.1) is 0 Å². The fourth-order valence-corrected chi connectivity index (χ4v) is 8.85. The van der Waals surface area contributed by atoms with E-state index in [1.165, 1.54) is 13.8 Å². The Morgan fingerprint density at radius 3 is 1.30 bits per heavy atom. The number of hydrogen-bond acceptors (Lipinski definition) is 18. The van der Waals surface area contributed by atoms with Crippen LogP contribution < -0.4 is 111 Å². The van der Waals surface area contributed by atoms with E-state index in [9.17, 15) is 59.1 Å². The van der Waals surface area contributed by atoms with E-state index in [2.05, 4.69) is 10.6 Å². The molecule has 8 rings (SSSR count). The summed E-state index contributed by atoms with van der Waals surface area (Å²) in [6.45, 7) is -1.81. The number of nitrogens with one attached hydrogen (secondary N) is 2. The summed E-state index contributed by atoms with van der Waals surface area (Å²) >= 11 is 0. The molecule has 0 radical (unpaired) electrons. The van der Waals surface area contributed by atoms with Crippen molar-refractivity contribution in [1.29, 1.82) is 0 Å². The Morgan fingerprint density at radius 1 is 0.667 bits per heavy atom. The molecule has 2 aromatic rings. The van der Waals surface area contributed by atoms with Crippen LogP contribution in [0.1, 0.15) is 70.4 Å². The maximum Gasteiger partial charge on any atom is 1.00 e. The van der Waals surface area contributed by atoms with Crippen LogP contribution in [0.3, 0.4) is 0 Å². The number of carboxylic acids is 2. The molecule has 2 aromatic carbocycles. The number of nitrogens with zero attached hydrogens (tertiary/aromatic N) is 2. The Labute approximate surface area is 421 Å². The van der Waals surface area contributed by atoms with Gasteiger partial charge in [0.2, 0.25) is 23.6 Å². The number of likely N-dealkylation sites (tertiary alicyclic amines) is 2. The Kier molecular flexibility index (Phi) is 15.9. The normalized spacial score (nSPS) is 24.5. The van der Waals surface area contributed by atoms with Crippen LogP contribution in [0.15, 0.2) is 24.3 Å². The van der Waals surface area contributed by atoms with Gasteiger partial charge < -0.3 is 82.7 Å². The molecule has 66 heavy (non-hydrogen) atoms. The Bertz CT molecular complexity index is 2130. The minimum atomic E-state index is -3.11. The van der Waals surface area contributed by atoms with Gasteiger partial charge in [-0.05, 0) is 48.9 Å². The molecule has 0 spiro atoms. The van der Waals surface area contributed by atoms with Crippen molar-refractivity contribution in [2.24, 2.45) is 22.9 Å². The number of hydrogen-bond donors (Lipinski definition) is 12. The molecule has 4 fully saturated rings. The third-order valence-electron chi connectivity index (χ3n) is 12.3. The second kappa shape index (κ2) is 19.7. The predicted octanol–water partition coefficient (Wildman–Crippen LogP) is -10.1. The van der Waals surface area contributed by atoms with Gasteiger partial charge in [-0.1, -0.05) is 36.6 Å². The van der Waals surface area contributed by atoms with Gasteiger partial charge in [-0.25, -0.2) is 9.59 Å². The van der Waals surface area contributed by atoms with E-state index in [4.69, 9.17) is 41.7 Å². The largest absolute Gasteiger partial charge is 1.00 e. The first kappa shape index (κ1) is 53.2. The van der Waals surface area contributed by atoms with E-state index in [0.29, 0.717) is 50.1 Å². The van der Waals surface area contributed by atoms with E-state index in [0.717, 1.165) is 0 Å². The maximum absolute atomic E-state index is 12.1. The van der Waals surface area contributed by atoms with Crippen molar-refractivity contribution in [2.45, 2.75) is 73.4 Å². The van der Waals surface area contributed by atoms with Crippen LogP contribution in [-0.2, 0) is 19.2 Å². The molecule has 28 heteroatoms. The van der Waals surface area contributed by atoms with Gasteiger partial charge in [0.15, 0.2) is 0 Å². The number of rotatable bonds is 16. The number of carboxylic acid groups (broad SMARTS) is 2. The van der Waals surface area contributed by atoms with E-state index >= 15 is 0 Å². The third kappa shape index (κ3) is 11.4. The number of amides is 4. The molecule has 16 N–H and O–H groups in total. The number of primary amides is 2. The zero-order valence-electron chi connectivity index (χ0n) is 37.0. The first-order valence-electron chi connectivity index (χ1n) is 20.6. The molecule has 4 heterocycles. The van der Waals surface area contributed by atoms with Crippen LogP contribution in [0.4, 0.5) is 0 Å². The summed E-state index contributed by atoms with van der Waals surface area (Å²) in [5.74, 6) is -6.04. The van der Waals surface area contributed by atoms with Crippen molar-refractivity contribution in [3.63, 3.8) is 0 Å². The summed E-state index contributed by atoms with van der Waals surface area (Å²) in [6.07, 6.45) is 0.349. The standard InChI is InChI=1S/2C19H26BN4O8.2Na/c2*1-19(22,18(28)23-5-14(21)25)8-24-6-9(7-24)31-13-3-2-10-11-4-12(11)20(29,30)32-16(10)15(13)17(26)27;;/h2*2-3,9,11-12,29-30H,4-8,22H2,1H3,(H2,21,25)(H,23,28)(H,26,27);;/q2*-1;2*+1/t2*11-,12-,19-;;/m11../s1. The molecular formula is C38H52B2N8Na2O16. The SMILES string of the molecule is C[C@@](N)(CN1CC(Oc2ccc3c(c2C(=O)O)O[B-](O)(O)[C@@H]2C[C@H]32)C1)C(=O)NCC(N)=O.C[C@@](N)(CN1CC(Oc2ccc3c(c2C(=O)O)O[B-](O)(O)[C@@H]2C[C@H]32)C1)C(=O)NCC(N)=O.[Na+].[Na+]. The van der Waals surface area contributed by atoms with E-state index < -0.39 is 71.8 Å². The fourth-order valence-electron chi connectivity index (χ4n) is 8.85. The minimum Gasteiger partial charge on any atom is -0.669 e. The molecule has 24 nitrogen and oxygen atoms in total. The smallest absolute Gasteiger partial charge is 0.669 e. The second-order valence-electron chi connectivity index (χ2n) is 18.1. The fraction of sp³-hybridized carbons (Fsp3) is 0.526. The number of nitrogens with two attached hydrogens (primary N) is 4. The van der Waals surface area contributed by atoms with E-state index in [1.54, 1.807) is 24.3 Å². The van der Waals surface area contributed by atoms with Crippen molar-refractivity contribution in [1.82, 2.24) is 20.4 Å². The monoisotopic (exact) mass is 944 g/mol. The van der Waals surface area contributed by atoms with Gasteiger partial charge in [0.25, 0.3) is 0 Å². The molecule has 0 bridgehead atoms. The van der Waals surface area contributed by atoms with Crippen LogP contribution in [-0.4, -0.2) is 165 Å². The van der Waals surface area contributed by atoms with Crippen LogP contribution >= 0.6 is 0 Å². The molecule has 2 saturated heterocycles. The van der Waals surface area contributed by atoms with Gasteiger partial charge in [-0.2, -0.15) is 0 Å².